The van der Waals surface area contributed by atoms with Crippen molar-refractivity contribution in [1.29, 1.82) is 0 Å². The first-order chi connectivity index (χ1) is 13.3. The van der Waals surface area contributed by atoms with Gasteiger partial charge in [0.2, 0.25) is 0 Å². The molecule has 0 radical (unpaired) electrons. The fraction of sp³-hybridized carbons (Fsp3) is 0.524. The van der Waals surface area contributed by atoms with Crippen molar-refractivity contribution < 1.29 is 0 Å². The second-order valence-electron chi connectivity index (χ2n) is 6.96. The zero-order valence-corrected chi connectivity index (χ0v) is 16.4. The van der Waals surface area contributed by atoms with Gasteiger partial charge in [0.15, 0.2) is 5.96 Å². The van der Waals surface area contributed by atoms with Crippen LogP contribution in [0.25, 0.3) is 5.69 Å². The molecular formula is C21H32N6. The highest BCUT2D eigenvalue weighted by Crippen LogP contribution is 2.09. The molecule has 146 valence electrons. The molecule has 27 heavy (non-hydrogen) atoms. The minimum Gasteiger partial charge on any atom is -0.357 e. The van der Waals surface area contributed by atoms with Crippen LogP contribution in [-0.2, 0) is 6.42 Å². The van der Waals surface area contributed by atoms with Crippen molar-refractivity contribution in [3.05, 3.63) is 48.3 Å². The van der Waals surface area contributed by atoms with Gasteiger partial charge in [-0.3, -0.25) is 4.99 Å². The van der Waals surface area contributed by atoms with E-state index >= 15 is 0 Å². The molecule has 1 fully saturated rings. The van der Waals surface area contributed by atoms with Crippen molar-refractivity contribution in [3.8, 4) is 5.69 Å². The van der Waals surface area contributed by atoms with Gasteiger partial charge in [0.25, 0.3) is 0 Å². The molecule has 0 aliphatic carbocycles. The van der Waals surface area contributed by atoms with Gasteiger partial charge in [0, 0.05) is 32.0 Å². The van der Waals surface area contributed by atoms with Crippen molar-refractivity contribution in [2.24, 2.45) is 4.99 Å². The minimum atomic E-state index is 0.874. The summed E-state index contributed by atoms with van der Waals surface area (Å²) in [4.78, 5) is 7.25. The average Bonchev–Trinajstić information content (AvgIpc) is 3.40. The molecule has 0 spiro atoms. The highest BCUT2D eigenvalue weighted by Gasteiger charge is 2.10. The molecule has 0 atom stereocenters. The summed E-state index contributed by atoms with van der Waals surface area (Å²) < 4.78 is 1.88. The lowest BCUT2D eigenvalue weighted by Crippen LogP contribution is -2.38. The maximum absolute atomic E-state index is 4.71. The Morgan fingerprint density at radius 2 is 1.96 bits per heavy atom. The van der Waals surface area contributed by atoms with Gasteiger partial charge < -0.3 is 15.5 Å². The molecule has 1 aromatic carbocycles. The van der Waals surface area contributed by atoms with Crippen molar-refractivity contribution in [2.45, 2.75) is 32.6 Å². The summed E-state index contributed by atoms with van der Waals surface area (Å²) in [6, 6.07) is 10.5. The van der Waals surface area contributed by atoms with Gasteiger partial charge in [0.1, 0.15) is 0 Å². The Kier molecular flexibility index (Phi) is 7.71. The summed E-state index contributed by atoms with van der Waals surface area (Å²) in [5, 5.41) is 11.0. The van der Waals surface area contributed by atoms with E-state index in [2.05, 4.69) is 51.8 Å². The summed E-state index contributed by atoms with van der Waals surface area (Å²) in [5.41, 5.74) is 2.40. The number of hydrogen-bond donors (Lipinski definition) is 2. The summed E-state index contributed by atoms with van der Waals surface area (Å²) >= 11 is 0. The molecule has 3 rings (SSSR count). The fourth-order valence-electron chi connectivity index (χ4n) is 3.40. The molecule has 0 saturated carbocycles. The van der Waals surface area contributed by atoms with E-state index in [0.29, 0.717) is 0 Å². The first kappa shape index (κ1) is 19.4. The van der Waals surface area contributed by atoms with Crippen molar-refractivity contribution >= 4 is 5.96 Å². The lowest BCUT2D eigenvalue weighted by Gasteiger charge is -2.14. The fourth-order valence-corrected chi connectivity index (χ4v) is 3.40. The number of aliphatic imine (C=N–C) groups is 1. The summed E-state index contributed by atoms with van der Waals surface area (Å²) in [6.07, 6.45) is 8.57. The number of guanidine groups is 1. The van der Waals surface area contributed by atoms with E-state index in [1.54, 1.807) is 6.20 Å². The van der Waals surface area contributed by atoms with E-state index in [1.165, 1.54) is 38.0 Å². The van der Waals surface area contributed by atoms with Gasteiger partial charge in [-0.15, -0.1) is 0 Å². The highest BCUT2D eigenvalue weighted by atomic mass is 15.3. The topological polar surface area (TPSA) is 57.5 Å². The molecule has 6 heteroatoms. The van der Waals surface area contributed by atoms with E-state index < -0.39 is 0 Å². The van der Waals surface area contributed by atoms with Gasteiger partial charge >= 0.3 is 0 Å². The Balaban J connectivity index is 1.39. The standard InChI is InChI=1S/C21H32N6/c1-2-22-21(23-12-5-17-26-15-3-4-16-26)24-14-11-19-7-9-20(10-8-19)27-18-6-13-25-27/h6-10,13,18H,2-5,11-12,14-17H2,1H3,(H2,22,23,24). The number of likely N-dealkylation sites (tertiary alicyclic amines) is 1. The van der Waals surface area contributed by atoms with Crippen LogP contribution in [0.2, 0.25) is 0 Å². The van der Waals surface area contributed by atoms with E-state index in [4.69, 9.17) is 4.99 Å². The van der Waals surface area contributed by atoms with Crippen LogP contribution in [0.4, 0.5) is 0 Å². The lowest BCUT2D eigenvalue weighted by atomic mass is 10.1. The number of hydrogen-bond acceptors (Lipinski definition) is 3. The van der Waals surface area contributed by atoms with Crippen LogP contribution in [0.15, 0.2) is 47.7 Å². The lowest BCUT2D eigenvalue weighted by molar-refractivity contribution is 0.336. The van der Waals surface area contributed by atoms with E-state index in [-0.39, 0.29) is 0 Å². The van der Waals surface area contributed by atoms with Crippen LogP contribution in [0.3, 0.4) is 0 Å². The molecule has 1 saturated heterocycles. The van der Waals surface area contributed by atoms with Gasteiger partial charge in [-0.25, -0.2) is 4.68 Å². The van der Waals surface area contributed by atoms with E-state index in [1.807, 2.05) is 16.9 Å². The maximum atomic E-state index is 4.71. The first-order valence-corrected chi connectivity index (χ1v) is 10.2. The Labute approximate surface area is 162 Å². The number of aromatic nitrogens is 2. The Morgan fingerprint density at radius 1 is 1.15 bits per heavy atom. The number of benzene rings is 1. The van der Waals surface area contributed by atoms with Gasteiger partial charge in [-0.2, -0.15) is 5.10 Å². The molecule has 2 aromatic rings. The zero-order chi connectivity index (χ0) is 18.7. The second kappa shape index (κ2) is 10.7. The van der Waals surface area contributed by atoms with Crippen molar-refractivity contribution in [2.75, 3.05) is 39.3 Å². The zero-order valence-electron chi connectivity index (χ0n) is 16.4. The second-order valence-corrected chi connectivity index (χ2v) is 6.96. The van der Waals surface area contributed by atoms with Crippen LogP contribution < -0.4 is 10.6 Å². The molecule has 2 N–H and O–H groups in total. The van der Waals surface area contributed by atoms with Gasteiger partial charge in [0.05, 0.1) is 5.69 Å². The Hall–Kier alpha value is -2.34. The number of nitrogens with one attached hydrogen (secondary N) is 2. The average molecular weight is 369 g/mol. The molecule has 0 unspecified atom stereocenters. The first-order valence-electron chi connectivity index (χ1n) is 10.2. The van der Waals surface area contributed by atoms with Crippen molar-refractivity contribution in [1.82, 2.24) is 25.3 Å². The van der Waals surface area contributed by atoms with Crippen LogP contribution in [0, 0.1) is 0 Å². The minimum absolute atomic E-state index is 0.874. The summed E-state index contributed by atoms with van der Waals surface area (Å²) in [6.45, 7) is 8.45. The van der Waals surface area contributed by atoms with Crippen LogP contribution in [0.1, 0.15) is 31.7 Å². The SMILES string of the molecule is CCNC(=NCCCN1CCCC1)NCCc1ccc(-n2cccn2)cc1. The smallest absolute Gasteiger partial charge is 0.191 e. The third-order valence-electron chi connectivity index (χ3n) is 4.86. The predicted octanol–water partition coefficient (Wildman–Crippen LogP) is 2.46. The van der Waals surface area contributed by atoms with Crippen LogP contribution >= 0.6 is 0 Å². The largest absolute Gasteiger partial charge is 0.357 e. The molecule has 2 heterocycles. The molecule has 0 amide bonds. The molecular weight excluding hydrogens is 336 g/mol. The third kappa shape index (κ3) is 6.40. The molecule has 1 aliphatic heterocycles. The van der Waals surface area contributed by atoms with Crippen molar-refractivity contribution in [3.63, 3.8) is 0 Å². The molecule has 6 nitrogen and oxygen atoms in total. The summed E-state index contributed by atoms with van der Waals surface area (Å²) in [7, 11) is 0. The number of nitrogens with zero attached hydrogens (tertiary/aromatic N) is 4. The molecule has 1 aromatic heterocycles. The van der Waals surface area contributed by atoms with Gasteiger partial charge in [-0.05, 0) is 76.0 Å². The normalized spacial score (nSPS) is 15.2. The van der Waals surface area contributed by atoms with Gasteiger partial charge in [-0.1, -0.05) is 12.1 Å². The quantitative estimate of drug-likeness (QED) is 0.406. The van der Waals surface area contributed by atoms with Crippen LogP contribution in [-0.4, -0.2) is 59.9 Å². The highest BCUT2D eigenvalue weighted by molar-refractivity contribution is 5.79. The Morgan fingerprint density at radius 3 is 2.67 bits per heavy atom. The number of rotatable bonds is 9. The van der Waals surface area contributed by atoms with E-state index in [0.717, 1.165) is 44.1 Å². The molecule has 0 bridgehead atoms. The van der Waals surface area contributed by atoms with E-state index in [9.17, 15) is 0 Å². The molecule has 1 aliphatic rings. The third-order valence-corrected chi connectivity index (χ3v) is 4.86. The Bertz CT molecular complexity index is 671. The maximum Gasteiger partial charge on any atom is 0.191 e. The summed E-state index contributed by atoms with van der Waals surface area (Å²) in [5.74, 6) is 0.923. The monoisotopic (exact) mass is 368 g/mol. The predicted molar refractivity (Wildman–Crippen MR) is 112 cm³/mol. The van der Waals surface area contributed by atoms with Crippen LogP contribution in [0.5, 0.6) is 0 Å².